The molecule has 0 unspecified atom stereocenters. The molecule has 0 radical (unpaired) electrons. The molecular formula is C24H25N3O2. The Kier molecular flexibility index (Phi) is 5.58. The molecule has 4 rings (SSSR count). The lowest BCUT2D eigenvalue weighted by Crippen LogP contribution is -2.08. The third-order valence-electron chi connectivity index (χ3n) is 5.50. The van der Waals surface area contributed by atoms with Crippen LogP contribution in [0, 0.1) is 13.8 Å². The van der Waals surface area contributed by atoms with Crippen LogP contribution in [0.3, 0.4) is 0 Å². The minimum absolute atomic E-state index is 0.0316. The number of aromatic nitrogens is 3. The lowest BCUT2D eigenvalue weighted by atomic mass is 10.1. The van der Waals surface area contributed by atoms with Gasteiger partial charge in [-0.15, -0.1) is 5.10 Å². The topological polar surface area (TPSA) is 60.2 Å². The van der Waals surface area contributed by atoms with E-state index in [1.165, 1.54) is 16.8 Å². The molecule has 2 heterocycles. The summed E-state index contributed by atoms with van der Waals surface area (Å²) in [4.78, 5) is 0. The Morgan fingerprint density at radius 1 is 0.966 bits per heavy atom. The molecule has 0 fully saturated rings. The highest BCUT2D eigenvalue weighted by Gasteiger charge is 2.17. The molecule has 0 aliphatic carbocycles. The van der Waals surface area contributed by atoms with E-state index in [1.54, 1.807) is 0 Å². The molecule has 5 heteroatoms. The maximum absolute atomic E-state index is 9.52. The van der Waals surface area contributed by atoms with Gasteiger partial charge in [-0.25, -0.2) is 0 Å². The number of hydrogen-bond donors (Lipinski definition) is 1. The van der Waals surface area contributed by atoms with E-state index in [4.69, 9.17) is 4.74 Å². The van der Waals surface area contributed by atoms with E-state index < -0.39 is 0 Å². The Balaban J connectivity index is 1.63. The van der Waals surface area contributed by atoms with Gasteiger partial charge in [0.15, 0.2) is 0 Å². The molecule has 148 valence electrons. The molecule has 0 bridgehead atoms. The predicted octanol–water partition coefficient (Wildman–Crippen LogP) is 4.21. The highest BCUT2D eigenvalue weighted by Crippen LogP contribution is 2.31. The fraction of sp³-hybridized carbons (Fsp3) is 0.250. The fourth-order valence-electron chi connectivity index (χ4n) is 3.74. The highest BCUT2D eigenvalue weighted by molar-refractivity contribution is 5.88. The molecule has 0 amide bonds. The van der Waals surface area contributed by atoms with Crippen molar-refractivity contribution in [3.8, 4) is 5.88 Å². The first kappa shape index (κ1) is 19.2. The molecule has 1 N–H and O–H groups in total. The van der Waals surface area contributed by atoms with Crippen molar-refractivity contribution in [2.75, 3.05) is 6.61 Å². The molecule has 0 aliphatic rings. The van der Waals surface area contributed by atoms with Crippen molar-refractivity contribution in [1.82, 2.24) is 14.8 Å². The summed E-state index contributed by atoms with van der Waals surface area (Å²) in [6.07, 6.45) is 2.51. The Labute approximate surface area is 170 Å². The van der Waals surface area contributed by atoms with Crippen molar-refractivity contribution in [3.63, 3.8) is 0 Å². The Morgan fingerprint density at radius 2 is 1.69 bits per heavy atom. The maximum Gasteiger partial charge on any atom is 0.258 e. The van der Waals surface area contributed by atoms with Gasteiger partial charge in [0.05, 0.1) is 19.4 Å². The summed E-state index contributed by atoms with van der Waals surface area (Å²) in [5.74, 6) is 0.552. The molecule has 0 aliphatic heterocycles. The summed E-state index contributed by atoms with van der Waals surface area (Å²) >= 11 is 0. The Hall–Kier alpha value is -3.18. The summed E-state index contributed by atoms with van der Waals surface area (Å²) in [6, 6.07) is 18.3. The number of hydrogen-bond acceptors (Lipinski definition) is 4. The largest absolute Gasteiger partial charge is 0.475 e. The third-order valence-corrected chi connectivity index (χ3v) is 5.50. The molecule has 2 aromatic heterocycles. The lowest BCUT2D eigenvalue weighted by Gasteiger charge is -2.12. The molecule has 0 saturated carbocycles. The first-order chi connectivity index (χ1) is 14.2. The summed E-state index contributed by atoms with van der Waals surface area (Å²) in [5.41, 5.74) is 6.61. The summed E-state index contributed by atoms with van der Waals surface area (Å²) in [7, 11) is 0. The Bertz CT molecular complexity index is 1120. The third kappa shape index (κ3) is 3.87. The first-order valence-corrected chi connectivity index (χ1v) is 9.84. The van der Waals surface area contributed by atoms with Crippen molar-refractivity contribution in [2.24, 2.45) is 0 Å². The minimum Gasteiger partial charge on any atom is -0.475 e. The monoisotopic (exact) mass is 387 g/mol. The fourth-order valence-corrected chi connectivity index (χ4v) is 3.74. The number of nitrogens with zero attached hydrogens (tertiary/aromatic N) is 3. The normalized spacial score (nSPS) is 11.1. The summed E-state index contributed by atoms with van der Waals surface area (Å²) in [6.45, 7) is 5.50. The average molecular weight is 387 g/mol. The molecule has 0 atom stereocenters. The number of benzene rings is 2. The minimum atomic E-state index is 0.0316. The van der Waals surface area contributed by atoms with Crippen LogP contribution < -0.4 is 4.74 Å². The average Bonchev–Trinajstić information content (AvgIpc) is 3.00. The molecular weight excluding hydrogens is 362 g/mol. The van der Waals surface area contributed by atoms with Crippen molar-refractivity contribution in [1.29, 1.82) is 0 Å². The molecule has 5 nitrogen and oxygen atoms in total. The maximum atomic E-state index is 9.52. The zero-order valence-electron chi connectivity index (χ0n) is 16.8. The van der Waals surface area contributed by atoms with E-state index in [2.05, 4.69) is 52.9 Å². The number of ether oxygens (including phenoxy) is 1. The van der Waals surface area contributed by atoms with Crippen LogP contribution in [0.5, 0.6) is 5.88 Å². The number of aliphatic hydroxyl groups excluding tert-OH is 1. The standard InChI is InChI=1S/C24H25N3O2/c1-17-18(2)27(15-19-8-4-3-5-9-19)23-22(17)14-25-26-24(23)29-13-12-20-10-6-7-11-21(20)16-28/h3-11,14,28H,12-13,15-16H2,1-2H3. The zero-order chi connectivity index (χ0) is 20.2. The van der Waals surface area contributed by atoms with Crippen LogP contribution in [0.1, 0.15) is 27.9 Å². The van der Waals surface area contributed by atoms with Crippen LogP contribution in [0.15, 0.2) is 60.8 Å². The van der Waals surface area contributed by atoms with E-state index in [0.29, 0.717) is 18.9 Å². The van der Waals surface area contributed by atoms with Crippen molar-refractivity contribution in [3.05, 3.63) is 88.7 Å². The second-order valence-electron chi connectivity index (χ2n) is 7.22. The van der Waals surface area contributed by atoms with E-state index in [9.17, 15) is 5.11 Å². The van der Waals surface area contributed by atoms with E-state index in [-0.39, 0.29) is 6.61 Å². The van der Waals surface area contributed by atoms with Crippen LogP contribution >= 0.6 is 0 Å². The summed E-state index contributed by atoms with van der Waals surface area (Å²) < 4.78 is 8.35. The smallest absolute Gasteiger partial charge is 0.258 e. The van der Waals surface area contributed by atoms with Crippen LogP contribution in [0.2, 0.25) is 0 Å². The number of fused-ring (bicyclic) bond motifs is 1. The van der Waals surface area contributed by atoms with Crippen LogP contribution in [0.25, 0.3) is 10.9 Å². The van der Waals surface area contributed by atoms with Crippen LogP contribution in [-0.2, 0) is 19.6 Å². The van der Waals surface area contributed by atoms with Gasteiger partial charge in [0, 0.05) is 24.0 Å². The van der Waals surface area contributed by atoms with Gasteiger partial charge in [0.1, 0.15) is 5.52 Å². The van der Waals surface area contributed by atoms with E-state index in [0.717, 1.165) is 28.6 Å². The van der Waals surface area contributed by atoms with Crippen LogP contribution in [-0.4, -0.2) is 26.5 Å². The second-order valence-corrected chi connectivity index (χ2v) is 7.22. The van der Waals surface area contributed by atoms with Gasteiger partial charge in [-0.1, -0.05) is 54.6 Å². The molecule has 0 spiro atoms. The van der Waals surface area contributed by atoms with Crippen molar-refractivity contribution < 1.29 is 9.84 Å². The van der Waals surface area contributed by atoms with Gasteiger partial charge in [-0.3, -0.25) is 0 Å². The zero-order valence-corrected chi connectivity index (χ0v) is 16.8. The lowest BCUT2D eigenvalue weighted by molar-refractivity contribution is 0.277. The SMILES string of the molecule is Cc1c(C)n(Cc2ccccc2)c2c(OCCc3ccccc3CO)nncc12. The predicted molar refractivity (Wildman–Crippen MR) is 114 cm³/mol. The highest BCUT2D eigenvalue weighted by atomic mass is 16.5. The Morgan fingerprint density at radius 3 is 2.45 bits per heavy atom. The van der Waals surface area contributed by atoms with E-state index >= 15 is 0 Å². The summed E-state index contributed by atoms with van der Waals surface area (Å²) in [5, 5.41) is 19.0. The van der Waals surface area contributed by atoms with Crippen molar-refractivity contribution >= 4 is 10.9 Å². The van der Waals surface area contributed by atoms with Crippen LogP contribution in [0.4, 0.5) is 0 Å². The molecule has 29 heavy (non-hydrogen) atoms. The van der Waals surface area contributed by atoms with Gasteiger partial charge >= 0.3 is 0 Å². The van der Waals surface area contributed by atoms with Gasteiger partial charge in [-0.2, -0.15) is 5.10 Å². The number of aryl methyl sites for hydroxylation is 1. The molecule has 2 aromatic carbocycles. The molecule has 0 saturated heterocycles. The van der Waals surface area contributed by atoms with E-state index in [1.807, 2.05) is 36.5 Å². The second kappa shape index (κ2) is 8.45. The van der Waals surface area contributed by atoms with Gasteiger partial charge in [-0.05, 0) is 36.1 Å². The van der Waals surface area contributed by atoms with Gasteiger partial charge in [0.2, 0.25) is 0 Å². The van der Waals surface area contributed by atoms with Gasteiger partial charge in [0.25, 0.3) is 5.88 Å². The molecule has 4 aromatic rings. The van der Waals surface area contributed by atoms with Gasteiger partial charge < -0.3 is 14.4 Å². The first-order valence-electron chi connectivity index (χ1n) is 9.84. The number of aliphatic hydroxyl groups is 1. The number of rotatable bonds is 7. The quantitative estimate of drug-likeness (QED) is 0.516. The van der Waals surface area contributed by atoms with Crippen molar-refractivity contribution in [2.45, 2.75) is 33.4 Å².